The molecule has 0 aliphatic rings. The third kappa shape index (κ3) is 6.38. The summed E-state index contributed by atoms with van der Waals surface area (Å²) in [6.07, 6.45) is 1.75. The van der Waals surface area contributed by atoms with Crippen LogP contribution in [0.2, 0.25) is 0 Å². The Balaban J connectivity index is 3.33. The van der Waals surface area contributed by atoms with Gasteiger partial charge < -0.3 is 0 Å². The highest BCUT2D eigenvalue weighted by Crippen LogP contribution is 2.07. The van der Waals surface area contributed by atoms with Gasteiger partial charge in [-0.15, -0.1) is 0 Å². The van der Waals surface area contributed by atoms with Gasteiger partial charge in [0.1, 0.15) is 0 Å². The maximum atomic E-state index is 10.3. The highest BCUT2D eigenvalue weighted by atomic mass is 31.1. The van der Waals surface area contributed by atoms with Crippen LogP contribution in [0.4, 0.5) is 0 Å². The molecule has 0 aromatic rings. The summed E-state index contributed by atoms with van der Waals surface area (Å²) < 4.78 is 10.3. The van der Waals surface area contributed by atoms with Crippen molar-refractivity contribution in [2.75, 3.05) is 13.2 Å². The monoisotopic (exact) mass is 179 g/mol. The molecule has 0 aromatic heterocycles. The third-order valence-electron chi connectivity index (χ3n) is 0.878. The molecule has 0 heterocycles. The SMILES string of the molecule is CCCON(OCCC)P=O. The Kier molecular flexibility index (Phi) is 8.07. The van der Waals surface area contributed by atoms with Crippen molar-refractivity contribution in [2.45, 2.75) is 26.7 Å². The van der Waals surface area contributed by atoms with Crippen LogP contribution in [0.15, 0.2) is 0 Å². The van der Waals surface area contributed by atoms with Gasteiger partial charge >= 0.3 is 8.61 Å². The van der Waals surface area contributed by atoms with E-state index in [4.69, 9.17) is 9.68 Å². The fourth-order valence-corrected chi connectivity index (χ4v) is 0.681. The van der Waals surface area contributed by atoms with Crippen molar-refractivity contribution >= 4 is 8.61 Å². The molecule has 0 radical (unpaired) electrons. The molecule has 0 aliphatic heterocycles. The predicted molar refractivity (Wildman–Crippen MR) is 41.9 cm³/mol. The lowest BCUT2D eigenvalue weighted by molar-refractivity contribution is -0.298. The topological polar surface area (TPSA) is 38.8 Å². The van der Waals surface area contributed by atoms with Gasteiger partial charge in [-0.2, -0.15) is 0 Å². The zero-order valence-electron chi connectivity index (χ0n) is 6.95. The summed E-state index contributed by atoms with van der Waals surface area (Å²) in [4.78, 5) is 10.8. The molecule has 0 atom stereocenters. The van der Waals surface area contributed by atoms with Crippen LogP contribution in [-0.4, -0.2) is 18.2 Å². The van der Waals surface area contributed by atoms with Crippen molar-refractivity contribution in [3.8, 4) is 0 Å². The first-order valence-corrected chi connectivity index (χ1v) is 4.50. The molecular weight excluding hydrogens is 165 g/mol. The van der Waals surface area contributed by atoms with Crippen LogP contribution >= 0.6 is 8.61 Å². The third-order valence-corrected chi connectivity index (χ3v) is 1.24. The Morgan fingerprint density at radius 1 is 1.18 bits per heavy atom. The van der Waals surface area contributed by atoms with E-state index in [9.17, 15) is 4.57 Å². The first-order valence-electron chi connectivity index (χ1n) is 3.74. The molecule has 0 rings (SSSR count). The predicted octanol–water partition coefficient (Wildman–Crippen LogP) is 2.18. The van der Waals surface area contributed by atoms with Gasteiger partial charge in [0.15, 0.2) is 0 Å². The van der Waals surface area contributed by atoms with E-state index in [2.05, 4.69) is 0 Å². The molecule has 0 spiro atoms. The van der Waals surface area contributed by atoms with E-state index < -0.39 is 0 Å². The van der Waals surface area contributed by atoms with Crippen molar-refractivity contribution in [3.05, 3.63) is 0 Å². The molecule has 0 fully saturated rings. The van der Waals surface area contributed by atoms with E-state index >= 15 is 0 Å². The molecule has 0 N–H and O–H groups in total. The van der Waals surface area contributed by atoms with Gasteiger partial charge in [-0.05, 0) is 12.8 Å². The molecular formula is C6H14NO3P. The van der Waals surface area contributed by atoms with E-state index in [1.54, 1.807) is 0 Å². The van der Waals surface area contributed by atoms with Crippen LogP contribution in [0.25, 0.3) is 0 Å². The van der Waals surface area contributed by atoms with E-state index in [1.807, 2.05) is 13.8 Å². The van der Waals surface area contributed by atoms with E-state index in [-0.39, 0.29) is 8.61 Å². The summed E-state index contributed by atoms with van der Waals surface area (Å²) in [5.41, 5.74) is 0. The second-order valence-electron chi connectivity index (χ2n) is 1.99. The Bertz CT molecular complexity index is 93.8. The highest BCUT2D eigenvalue weighted by Gasteiger charge is 2.02. The zero-order valence-corrected chi connectivity index (χ0v) is 7.84. The van der Waals surface area contributed by atoms with Gasteiger partial charge in [-0.3, -0.25) is 14.2 Å². The number of hydrogen-bond acceptors (Lipinski definition) is 3. The molecule has 0 bridgehead atoms. The summed E-state index contributed by atoms with van der Waals surface area (Å²) in [6.45, 7) is 5.00. The molecule has 11 heavy (non-hydrogen) atoms. The minimum atomic E-state index is -0.252. The minimum Gasteiger partial charge on any atom is -0.264 e. The Hall–Kier alpha value is -0.0200. The summed E-state index contributed by atoms with van der Waals surface area (Å²) in [5, 5.41) is 0. The molecule has 4 nitrogen and oxygen atoms in total. The smallest absolute Gasteiger partial charge is 0.264 e. The van der Waals surface area contributed by atoms with Crippen LogP contribution in [0.5, 0.6) is 0 Å². The molecule has 0 unspecified atom stereocenters. The van der Waals surface area contributed by atoms with Crippen LogP contribution in [0.1, 0.15) is 26.7 Å². The lowest BCUT2D eigenvalue weighted by Crippen LogP contribution is -2.15. The molecule has 5 heteroatoms. The number of rotatable bonds is 7. The molecule has 0 saturated heterocycles. The maximum absolute atomic E-state index is 10.3. The second-order valence-corrected chi connectivity index (χ2v) is 2.48. The van der Waals surface area contributed by atoms with E-state index in [0.717, 1.165) is 17.8 Å². The Morgan fingerprint density at radius 3 is 1.91 bits per heavy atom. The summed E-state index contributed by atoms with van der Waals surface area (Å²) in [7, 11) is -0.252. The first kappa shape index (κ1) is 11.0. The zero-order chi connectivity index (χ0) is 8.53. The summed E-state index contributed by atoms with van der Waals surface area (Å²) in [6, 6.07) is 0. The van der Waals surface area contributed by atoms with Crippen LogP contribution in [0.3, 0.4) is 0 Å². The minimum absolute atomic E-state index is 0.252. The number of nitrogens with zero attached hydrogens (tertiary/aromatic N) is 1. The van der Waals surface area contributed by atoms with E-state index in [1.165, 1.54) is 0 Å². The van der Waals surface area contributed by atoms with Gasteiger partial charge in [0.2, 0.25) is 0 Å². The van der Waals surface area contributed by atoms with Crippen LogP contribution in [-0.2, 0) is 14.2 Å². The molecule has 0 saturated carbocycles. The molecule has 66 valence electrons. The lowest BCUT2D eigenvalue weighted by Gasteiger charge is -2.11. The molecule has 0 aliphatic carbocycles. The quantitative estimate of drug-likeness (QED) is 0.443. The lowest BCUT2D eigenvalue weighted by atomic mass is 10.5. The van der Waals surface area contributed by atoms with Gasteiger partial charge in [-0.25, -0.2) is 0 Å². The van der Waals surface area contributed by atoms with Crippen molar-refractivity contribution in [3.63, 3.8) is 0 Å². The van der Waals surface area contributed by atoms with Crippen molar-refractivity contribution in [1.29, 1.82) is 0 Å². The normalized spacial score (nSPS) is 11.2. The Morgan fingerprint density at radius 2 is 1.64 bits per heavy atom. The van der Waals surface area contributed by atoms with Gasteiger partial charge in [0.05, 0.1) is 13.2 Å². The first-order chi connectivity index (χ1) is 5.35. The molecule has 0 aromatic carbocycles. The van der Waals surface area contributed by atoms with Gasteiger partial charge in [0.25, 0.3) is 0 Å². The summed E-state index contributed by atoms with van der Waals surface area (Å²) >= 11 is 0. The molecule has 0 amide bonds. The van der Waals surface area contributed by atoms with Crippen molar-refractivity contribution in [1.82, 2.24) is 5.00 Å². The summed E-state index contributed by atoms with van der Waals surface area (Å²) in [5.74, 6) is 0. The van der Waals surface area contributed by atoms with Crippen LogP contribution < -0.4 is 0 Å². The fraction of sp³-hybridized carbons (Fsp3) is 1.00. The highest BCUT2D eigenvalue weighted by molar-refractivity contribution is 7.20. The van der Waals surface area contributed by atoms with Gasteiger partial charge in [0, 0.05) is 5.00 Å². The van der Waals surface area contributed by atoms with Gasteiger partial charge in [-0.1, -0.05) is 13.8 Å². The second kappa shape index (κ2) is 8.08. The van der Waals surface area contributed by atoms with Crippen molar-refractivity contribution in [2.24, 2.45) is 0 Å². The fourth-order valence-electron chi connectivity index (χ4n) is 0.423. The van der Waals surface area contributed by atoms with Crippen LogP contribution in [0, 0.1) is 0 Å². The average molecular weight is 179 g/mol. The standard InChI is InChI=1S/C6H14NO3P/c1-3-5-9-7(11-8)10-6-4-2/h3-6H2,1-2H3. The maximum Gasteiger partial charge on any atom is 0.303 e. The largest absolute Gasteiger partial charge is 0.303 e. The Labute approximate surface area is 68.6 Å². The van der Waals surface area contributed by atoms with E-state index in [0.29, 0.717) is 13.2 Å². The van der Waals surface area contributed by atoms with Crippen molar-refractivity contribution < 1.29 is 14.2 Å². The number of hydrogen-bond donors (Lipinski definition) is 0. The average Bonchev–Trinajstić information content (AvgIpc) is 2.05.